The lowest BCUT2D eigenvalue weighted by atomic mass is 9.95. The molecule has 2 amide bonds. The van der Waals surface area contributed by atoms with Gasteiger partial charge in [0.1, 0.15) is 0 Å². The average molecular weight is 342 g/mol. The summed E-state index contributed by atoms with van der Waals surface area (Å²) in [7, 11) is 0. The van der Waals surface area contributed by atoms with Crippen LogP contribution >= 0.6 is 0 Å². The Hall–Kier alpha value is -1.59. The number of aryl methyl sites for hydroxylation is 1. The molecule has 1 aromatic carbocycles. The van der Waals surface area contributed by atoms with Crippen molar-refractivity contribution >= 4 is 6.03 Å². The van der Waals surface area contributed by atoms with Gasteiger partial charge in [-0.15, -0.1) is 0 Å². The molecule has 2 aliphatic carbocycles. The minimum absolute atomic E-state index is 0.0705. The Morgan fingerprint density at radius 1 is 1.16 bits per heavy atom. The third kappa shape index (κ3) is 2.56. The minimum Gasteiger partial charge on any atom is -0.347 e. The normalized spacial score (nSPS) is 32.2. The van der Waals surface area contributed by atoms with Crippen molar-refractivity contribution in [2.45, 2.75) is 43.3 Å². The maximum Gasteiger partial charge on any atom is 0.317 e. The quantitative estimate of drug-likeness (QED) is 0.898. The zero-order chi connectivity index (χ0) is 16.9. The molecule has 1 N–H and O–H groups in total. The fraction of sp³-hybridized carbons (Fsp3) is 0.650. The number of urea groups is 1. The van der Waals surface area contributed by atoms with Crippen LogP contribution < -0.4 is 5.32 Å². The Balaban J connectivity index is 1.14. The average Bonchev–Trinajstić information content (AvgIpc) is 2.96. The zero-order valence-electron chi connectivity index (χ0n) is 14.6. The topological polar surface area (TPSA) is 50.8 Å². The molecule has 4 aliphatic rings. The number of likely N-dealkylation sites (tertiary alicyclic amines) is 1. The molecule has 0 radical (unpaired) electrons. The largest absolute Gasteiger partial charge is 0.347 e. The summed E-state index contributed by atoms with van der Waals surface area (Å²) >= 11 is 0. The van der Waals surface area contributed by atoms with Crippen LogP contribution in [0.1, 0.15) is 36.8 Å². The van der Waals surface area contributed by atoms with E-state index in [9.17, 15) is 4.79 Å². The first kappa shape index (κ1) is 15.6. The van der Waals surface area contributed by atoms with Crippen LogP contribution in [0.15, 0.2) is 24.3 Å². The van der Waals surface area contributed by atoms with E-state index >= 15 is 0 Å². The molecule has 25 heavy (non-hydrogen) atoms. The van der Waals surface area contributed by atoms with Crippen molar-refractivity contribution in [1.29, 1.82) is 0 Å². The minimum atomic E-state index is -0.412. The van der Waals surface area contributed by atoms with Gasteiger partial charge in [-0.05, 0) is 36.3 Å². The van der Waals surface area contributed by atoms with Crippen LogP contribution in [-0.2, 0) is 21.3 Å². The van der Waals surface area contributed by atoms with Crippen molar-refractivity contribution in [3.8, 4) is 0 Å². The van der Waals surface area contributed by atoms with Gasteiger partial charge in [-0.1, -0.05) is 24.3 Å². The van der Waals surface area contributed by atoms with E-state index in [1.165, 1.54) is 30.4 Å². The summed E-state index contributed by atoms with van der Waals surface area (Å²) in [6.07, 6.45) is 5.21. The Labute approximate surface area is 148 Å². The standard InChI is InChI=1S/C20H26N2O3/c23-18(22-9-7-20(8-10-22)24-11-12-25-20)21-14-16-13-19(16)6-5-15-3-1-2-4-17(15)19/h1-4,16H,5-14H2,(H,21,23)/t16-,19+/m1/s1. The van der Waals surface area contributed by atoms with E-state index in [1.54, 1.807) is 0 Å². The summed E-state index contributed by atoms with van der Waals surface area (Å²) in [4.78, 5) is 14.4. The second-order valence-corrected chi connectivity index (χ2v) is 8.00. The monoisotopic (exact) mass is 342 g/mol. The fourth-order valence-corrected chi connectivity index (χ4v) is 5.16. The van der Waals surface area contributed by atoms with Gasteiger partial charge in [-0.25, -0.2) is 4.79 Å². The SMILES string of the molecule is O=C(NC[C@H]1C[C@@]12CCc1ccccc12)N1CCC2(CC1)OCCO2. The van der Waals surface area contributed by atoms with E-state index in [4.69, 9.17) is 9.47 Å². The van der Waals surface area contributed by atoms with Gasteiger partial charge in [0, 0.05) is 37.9 Å². The number of rotatable bonds is 2. The predicted octanol–water partition coefficient (Wildman–Crippen LogP) is 2.44. The molecule has 0 bridgehead atoms. The van der Waals surface area contributed by atoms with Gasteiger partial charge in [-0.3, -0.25) is 0 Å². The van der Waals surface area contributed by atoms with E-state index in [-0.39, 0.29) is 6.03 Å². The molecule has 3 fully saturated rings. The first-order valence-electron chi connectivity index (χ1n) is 9.60. The number of ether oxygens (including phenoxy) is 2. The van der Waals surface area contributed by atoms with Gasteiger partial charge in [0.05, 0.1) is 13.2 Å². The van der Waals surface area contributed by atoms with Gasteiger partial charge in [-0.2, -0.15) is 0 Å². The van der Waals surface area contributed by atoms with Crippen LogP contribution in [0.2, 0.25) is 0 Å². The Kier molecular flexibility index (Phi) is 3.57. The Morgan fingerprint density at radius 3 is 2.72 bits per heavy atom. The first-order valence-corrected chi connectivity index (χ1v) is 9.60. The second kappa shape index (κ2) is 5.71. The molecule has 2 atom stereocenters. The molecule has 1 saturated carbocycles. The number of amides is 2. The third-order valence-electron chi connectivity index (χ3n) is 6.75. The fourth-order valence-electron chi connectivity index (χ4n) is 5.16. The Morgan fingerprint density at radius 2 is 1.92 bits per heavy atom. The molecule has 134 valence electrons. The van der Waals surface area contributed by atoms with E-state index in [0.29, 0.717) is 37.6 Å². The summed E-state index contributed by atoms with van der Waals surface area (Å²) in [6, 6.07) is 8.90. The number of hydrogen-bond acceptors (Lipinski definition) is 3. The first-order chi connectivity index (χ1) is 12.2. The number of benzene rings is 1. The highest BCUT2D eigenvalue weighted by atomic mass is 16.7. The highest BCUT2D eigenvalue weighted by Gasteiger charge is 2.57. The number of carbonyl (C=O) groups excluding carboxylic acids is 1. The second-order valence-electron chi connectivity index (χ2n) is 8.00. The number of nitrogens with one attached hydrogen (secondary N) is 1. The Bertz CT molecular complexity index is 675. The maximum atomic E-state index is 12.5. The van der Waals surface area contributed by atoms with Gasteiger partial charge in [0.2, 0.25) is 0 Å². The molecule has 5 rings (SSSR count). The molecule has 2 aliphatic heterocycles. The lowest BCUT2D eigenvalue weighted by molar-refractivity contribution is -0.181. The molecule has 5 nitrogen and oxygen atoms in total. The van der Waals surface area contributed by atoms with Crippen LogP contribution in [-0.4, -0.2) is 49.6 Å². The molecule has 0 aromatic heterocycles. The highest BCUT2D eigenvalue weighted by Crippen LogP contribution is 2.61. The van der Waals surface area contributed by atoms with Gasteiger partial charge < -0.3 is 19.7 Å². The smallest absolute Gasteiger partial charge is 0.317 e. The lowest BCUT2D eigenvalue weighted by Crippen LogP contribution is -2.50. The maximum absolute atomic E-state index is 12.5. The molecule has 0 unspecified atom stereocenters. The molecule has 1 aromatic rings. The van der Waals surface area contributed by atoms with Crippen molar-refractivity contribution in [2.24, 2.45) is 5.92 Å². The van der Waals surface area contributed by atoms with Crippen molar-refractivity contribution in [2.75, 3.05) is 32.8 Å². The van der Waals surface area contributed by atoms with E-state index in [0.717, 1.165) is 19.4 Å². The molecule has 2 spiro atoms. The molecular formula is C20H26N2O3. The molecular weight excluding hydrogens is 316 g/mol. The summed E-state index contributed by atoms with van der Waals surface area (Å²) in [6.45, 7) is 3.58. The number of piperidine rings is 1. The summed E-state index contributed by atoms with van der Waals surface area (Å²) in [5, 5.41) is 3.18. The van der Waals surface area contributed by atoms with Crippen molar-refractivity contribution in [3.63, 3.8) is 0 Å². The summed E-state index contributed by atoms with van der Waals surface area (Å²) < 4.78 is 11.5. The number of fused-ring (bicyclic) bond motifs is 2. The molecule has 5 heteroatoms. The van der Waals surface area contributed by atoms with Crippen molar-refractivity contribution < 1.29 is 14.3 Å². The molecule has 2 saturated heterocycles. The summed E-state index contributed by atoms with van der Waals surface area (Å²) in [5.41, 5.74) is 3.39. The zero-order valence-corrected chi connectivity index (χ0v) is 14.6. The van der Waals surface area contributed by atoms with E-state index in [2.05, 4.69) is 29.6 Å². The number of carbonyl (C=O) groups is 1. The van der Waals surface area contributed by atoms with Gasteiger partial charge in [0.15, 0.2) is 5.79 Å². The van der Waals surface area contributed by atoms with Gasteiger partial charge in [0.25, 0.3) is 0 Å². The van der Waals surface area contributed by atoms with Crippen LogP contribution in [0.4, 0.5) is 4.79 Å². The van der Waals surface area contributed by atoms with Crippen LogP contribution in [0.5, 0.6) is 0 Å². The van der Waals surface area contributed by atoms with Gasteiger partial charge >= 0.3 is 6.03 Å². The number of hydrogen-bond donors (Lipinski definition) is 1. The van der Waals surface area contributed by atoms with Crippen LogP contribution in [0.25, 0.3) is 0 Å². The van der Waals surface area contributed by atoms with Crippen LogP contribution in [0.3, 0.4) is 0 Å². The van der Waals surface area contributed by atoms with E-state index in [1.807, 2.05) is 4.90 Å². The third-order valence-corrected chi connectivity index (χ3v) is 6.75. The van der Waals surface area contributed by atoms with E-state index < -0.39 is 5.79 Å². The van der Waals surface area contributed by atoms with Crippen LogP contribution in [0, 0.1) is 5.92 Å². The molecule has 2 heterocycles. The lowest BCUT2D eigenvalue weighted by Gasteiger charge is -2.37. The number of nitrogens with zero attached hydrogens (tertiary/aromatic N) is 1. The van der Waals surface area contributed by atoms with Crippen molar-refractivity contribution in [1.82, 2.24) is 10.2 Å². The predicted molar refractivity (Wildman–Crippen MR) is 93.4 cm³/mol. The highest BCUT2D eigenvalue weighted by molar-refractivity contribution is 5.74. The van der Waals surface area contributed by atoms with Crippen molar-refractivity contribution in [3.05, 3.63) is 35.4 Å². The summed E-state index contributed by atoms with van der Waals surface area (Å²) in [5.74, 6) is 0.183.